The fourth-order valence-electron chi connectivity index (χ4n) is 5.75. The Balaban J connectivity index is 1.34. The maximum absolute atomic E-state index is 12.2. The number of likely N-dealkylation sites (N-methyl/N-ethyl adjacent to an activating group) is 1. The van der Waals surface area contributed by atoms with Crippen molar-refractivity contribution in [1.29, 1.82) is 0 Å². The summed E-state index contributed by atoms with van der Waals surface area (Å²) < 4.78 is 0. The lowest BCUT2D eigenvalue weighted by Crippen LogP contribution is -2.67. The number of nitrogens with zero attached hydrogens (tertiary/aromatic N) is 1. The highest BCUT2D eigenvalue weighted by Gasteiger charge is 2.55. The molecule has 23 heavy (non-hydrogen) atoms. The zero-order chi connectivity index (χ0) is 16.2. The van der Waals surface area contributed by atoms with Gasteiger partial charge in [-0.15, -0.1) is 0 Å². The van der Waals surface area contributed by atoms with E-state index in [1.165, 1.54) is 32.1 Å². The van der Waals surface area contributed by atoms with Crippen LogP contribution in [0.4, 0.5) is 4.79 Å². The lowest BCUT2D eigenvalue weighted by molar-refractivity contribution is -0.128. The molecule has 6 heteroatoms. The van der Waals surface area contributed by atoms with Crippen LogP contribution in [0.2, 0.25) is 0 Å². The van der Waals surface area contributed by atoms with Crippen molar-refractivity contribution in [2.24, 2.45) is 29.4 Å². The van der Waals surface area contributed by atoms with Gasteiger partial charge in [0.05, 0.1) is 0 Å². The van der Waals surface area contributed by atoms with E-state index in [1.807, 2.05) is 0 Å². The van der Waals surface area contributed by atoms with Gasteiger partial charge in [0, 0.05) is 25.7 Å². The Hall–Kier alpha value is -1.30. The predicted octanol–water partition coefficient (Wildman–Crippen LogP) is 0.670. The highest BCUT2D eigenvalue weighted by molar-refractivity contribution is 5.88. The van der Waals surface area contributed by atoms with E-state index in [4.69, 9.17) is 5.73 Å². The van der Waals surface area contributed by atoms with Crippen LogP contribution in [-0.2, 0) is 4.79 Å². The van der Waals surface area contributed by atoms with E-state index in [2.05, 4.69) is 10.6 Å². The number of amides is 3. The Morgan fingerprint density at radius 3 is 2.35 bits per heavy atom. The van der Waals surface area contributed by atoms with Gasteiger partial charge in [0.25, 0.3) is 0 Å². The van der Waals surface area contributed by atoms with Crippen molar-refractivity contribution in [3.8, 4) is 0 Å². The van der Waals surface area contributed by atoms with Crippen molar-refractivity contribution in [3.05, 3.63) is 0 Å². The van der Waals surface area contributed by atoms with Crippen molar-refractivity contribution in [3.63, 3.8) is 0 Å². The molecule has 1 heterocycles. The van der Waals surface area contributed by atoms with Crippen molar-refractivity contribution < 1.29 is 9.59 Å². The lowest BCUT2D eigenvalue weighted by atomic mass is 9.49. The normalized spacial score (nSPS) is 44.7. The van der Waals surface area contributed by atoms with Crippen molar-refractivity contribution in [2.45, 2.75) is 50.1 Å². The summed E-state index contributed by atoms with van der Waals surface area (Å²) in [6.07, 6.45) is 7.02. The molecule has 4 saturated carbocycles. The average molecular weight is 320 g/mol. The average Bonchev–Trinajstić information content (AvgIpc) is 2.82. The molecule has 0 radical (unpaired) electrons. The van der Waals surface area contributed by atoms with Crippen LogP contribution in [0.1, 0.15) is 38.5 Å². The van der Waals surface area contributed by atoms with Gasteiger partial charge in [0.1, 0.15) is 6.04 Å². The van der Waals surface area contributed by atoms with Crippen LogP contribution in [0.15, 0.2) is 0 Å². The van der Waals surface area contributed by atoms with Gasteiger partial charge in [-0.1, -0.05) is 0 Å². The van der Waals surface area contributed by atoms with Crippen molar-refractivity contribution in [2.75, 3.05) is 20.1 Å². The number of urea groups is 1. The van der Waals surface area contributed by atoms with Crippen LogP contribution in [0.25, 0.3) is 0 Å². The van der Waals surface area contributed by atoms with Gasteiger partial charge in [-0.2, -0.15) is 0 Å². The van der Waals surface area contributed by atoms with E-state index < -0.39 is 0 Å². The summed E-state index contributed by atoms with van der Waals surface area (Å²) in [6.45, 7) is 1.24. The molecule has 0 aromatic rings. The van der Waals surface area contributed by atoms with Crippen LogP contribution in [0, 0.1) is 23.7 Å². The first-order valence-corrected chi connectivity index (χ1v) is 9.04. The van der Waals surface area contributed by atoms with E-state index in [0.29, 0.717) is 31.3 Å². The summed E-state index contributed by atoms with van der Waals surface area (Å²) in [4.78, 5) is 25.7. The Morgan fingerprint density at radius 1 is 1.22 bits per heavy atom. The molecule has 128 valence electrons. The molecule has 1 unspecified atom stereocenters. The number of likely N-dealkylation sites (tertiary alicyclic amines) is 1. The van der Waals surface area contributed by atoms with E-state index in [-0.39, 0.29) is 23.5 Å². The molecule has 1 aliphatic heterocycles. The monoisotopic (exact) mass is 320 g/mol. The number of hydrogen-bond acceptors (Lipinski definition) is 3. The molecule has 1 atom stereocenters. The SMILES string of the molecule is CN1CCC(NC(=O)NCC2(N)C3CC4CC(C3)CC2C4)C1=O. The largest absolute Gasteiger partial charge is 0.344 e. The quantitative estimate of drug-likeness (QED) is 0.714. The third-order valence-corrected chi connectivity index (χ3v) is 6.95. The zero-order valence-corrected chi connectivity index (χ0v) is 13.9. The smallest absolute Gasteiger partial charge is 0.315 e. The minimum absolute atomic E-state index is 0.00256. The second-order valence-corrected chi connectivity index (χ2v) is 8.34. The first-order valence-electron chi connectivity index (χ1n) is 9.04. The molecule has 0 aromatic heterocycles. The molecular weight excluding hydrogens is 292 g/mol. The Kier molecular flexibility index (Phi) is 3.55. The molecule has 6 nitrogen and oxygen atoms in total. The van der Waals surface area contributed by atoms with Crippen LogP contribution < -0.4 is 16.4 Å². The fraction of sp³-hybridized carbons (Fsp3) is 0.882. The highest BCUT2D eigenvalue weighted by atomic mass is 16.2. The maximum Gasteiger partial charge on any atom is 0.315 e. The zero-order valence-electron chi connectivity index (χ0n) is 13.9. The molecule has 3 amide bonds. The molecule has 4 N–H and O–H groups in total. The number of carbonyl (C=O) groups is 2. The van der Waals surface area contributed by atoms with Gasteiger partial charge in [0.2, 0.25) is 5.91 Å². The number of hydrogen-bond donors (Lipinski definition) is 3. The minimum Gasteiger partial charge on any atom is -0.344 e. The highest BCUT2D eigenvalue weighted by Crippen LogP contribution is 2.57. The number of rotatable bonds is 3. The Labute approximate surface area is 137 Å². The summed E-state index contributed by atoms with van der Waals surface area (Å²) in [6, 6.07) is -0.635. The maximum atomic E-state index is 12.2. The molecule has 4 bridgehead atoms. The summed E-state index contributed by atoms with van der Waals surface area (Å²) >= 11 is 0. The van der Waals surface area contributed by atoms with Crippen molar-refractivity contribution >= 4 is 11.9 Å². The molecule has 1 saturated heterocycles. The van der Waals surface area contributed by atoms with Gasteiger partial charge in [-0.05, 0) is 62.2 Å². The molecular formula is C17H28N4O2. The first kappa shape index (κ1) is 15.2. The third kappa shape index (κ3) is 2.51. The van der Waals surface area contributed by atoms with E-state index in [1.54, 1.807) is 11.9 Å². The van der Waals surface area contributed by atoms with Gasteiger partial charge in [0.15, 0.2) is 0 Å². The minimum atomic E-state index is -0.382. The lowest BCUT2D eigenvalue weighted by Gasteiger charge is -2.59. The van der Waals surface area contributed by atoms with E-state index in [0.717, 1.165) is 11.8 Å². The van der Waals surface area contributed by atoms with Crippen LogP contribution in [0.5, 0.6) is 0 Å². The van der Waals surface area contributed by atoms with E-state index in [9.17, 15) is 9.59 Å². The van der Waals surface area contributed by atoms with Gasteiger partial charge in [-0.25, -0.2) is 4.79 Å². The molecule has 5 rings (SSSR count). The number of carbonyl (C=O) groups excluding carboxylic acids is 2. The van der Waals surface area contributed by atoms with Gasteiger partial charge >= 0.3 is 6.03 Å². The number of nitrogens with one attached hydrogen (secondary N) is 2. The standard InChI is InChI=1S/C17H28N4O2/c1-21-3-2-14(15(21)22)20-16(23)19-9-17(18)12-5-10-4-11(7-12)8-13(17)6-10/h10-14H,2-9,18H2,1H3,(H2,19,20,23). The number of nitrogens with two attached hydrogens (primary N) is 1. The topological polar surface area (TPSA) is 87.5 Å². The Bertz CT molecular complexity index is 493. The summed E-state index contributed by atoms with van der Waals surface area (Å²) in [5.41, 5.74) is 6.53. The molecule has 0 aromatic carbocycles. The van der Waals surface area contributed by atoms with Gasteiger partial charge in [-0.3, -0.25) is 4.79 Å². The van der Waals surface area contributed by atoms with Gasteiger partial charge < -0.3 is 21.3 Å². The predicted molar refractivity (Wildman–Crippen MR) is 86.5 cm³/mol. The van der Waals surface area contributed by atoms with Crippen LogP contribution >= 0.6 is 0 Å². The van der Waals surface area contributed by atoms with Crippen LogP contribution in [-0.4, -0.2) is 48.6 Å². The first-order chi connectivity index (χ1) is 11.0. The van der Waals surface area contributed by atoms with Crippen LogP contribution in [0.3, 0.4) is 0 Å². The molecule has 5 fully saturated rings. The second-order valence-electron chi connectivity index (χ2n) is 8.34. The Morgan fingerprint density at radius 2 is 1.83 bits per heavy atom. The molecule has 0 spiro atoms. The summed E-state index contributed by atoms with van der Waals surface area (Å²) in [7, 11) is 1.77. The molecule has 5 aliphatic rings. The second kappa shape index (κ2) is 5.36. The summed E-state index contributed by atoms with van der Waals surface area (Å²) in [5.74, 6) is 2.85. The molecule has 4 aliphatic carbocycles. The fourth-order valence-corrected chi connectivity index (χ4v) is 5.75. The third-order valence-electron chi connectivity index (χ3n) is 6.95. The van der Waals surface area contributed by atoms with Crippen molar-refractivity contribution in [1.82, 2.24) is 15.5 Å². The van der Waals surface area contributed by atoms with E-state index >= 15 is 0 Å². The summed E-state index contributed by atoms with van der Waals surface area (Å²) in [5, 5.41) is 5.77.